The van der Waals surface area contributed by atoms with Crippen molar-refractivity contribution >= 4 is 119 Å². The molecule has 12 aromatic rings. The Kier molecular flexibility index (Phi) is 6.58. The molecule has 0 aliphatic heterocycles. The summed E-state index contributed by atoms with van der Waals surface area (Å²) in [6.07, 6.45) is 0. The summed E-state index contributed by atoms with van der Waals surface area (Å²) in [5.74, 6) is 0. The number of nitrogens with zero attached hydrogens (tertiary/aromatic N) is 2. The van der Waals surface area contributed by atoms with Crippen molar-refractivity contribution in [3.63, 3.8) is 0 Å². The second-order valence-corrected chi connectivity index (χ2v) is 14.7. The van der Waals surface area contributed by atoms with Crippen LogP contribution in [0.15, 0.2) is 170 Å². The van der Waals surface area contributed by atoms with Crippen LogP contribution in [-0.4, -0.2) is 4.40 Å². The zero-order chi connectivity index (χ0) is 35.2. The smallest absolute Gasteiger partial charge is 0.0782 e. The lowest BCUT2D eigenvalue weighted by Crippen LogP contribution is -2.11. The molecule has 0 N–H and O–H groups in total. The second kappa shape index (κ2) is 11.5. The van der Waals surface area contributed by atoms with Gasteiger partial charge in [-0.3, -0.25) is 0 Å². The number of para-hydroxylation sites is 3. The lowest BCUT2D eigenvalue weighted by Gasteiger charge is -2.27. The fourth-order valence-corrected chi connectivity index (χ4v) is 10.1. The summed E-state index contributed by atoms with van der Waals surface area (Å²) in [5, 5.41) is 15.4. The highest BCUT2D eigenvalue weighted by Crippen LogP contribution is 2.48. The molecule has 12 rings (SSSR count). The predicted octanol–water partition coefficient (Wildman–Crippen LogP) is 15.2. The third-order valence-electron chi connectivity index (χ3n) is 11.1. The number of thiophene rings is 1. The summed E-state index contributed by atoms with van der Waals surface area (Å²) < 4.78 is 5.12. The molecule has 0 unspecified atom stereocenters. The number of benzene rings is 9. The van der Waals surface area contributed by atoms with E-state index in [9.17, 15) is 0 Å². The number of fused-ring (bicyclic) bond motifs is 15. The van der Waals surface area contributed by atoms with E-state index in [1.807, 2.05) is 25.2 Å². The lowest BCUT2D eigenvalue weighted by molar-refractivity contribution is 1.28. The van der Waals surface area contributed by atoms with E-state index in [2.05, 4.69) is 179 Å². The molecular weight excluding hydrogens is 661 g/mol. The summed E-state index contributed by atoms with van der Waals surface area (Å²) in [6.45, 7) is 4.00. The van der Waals surface area contributed by atoms with E-state index in [0.29, 0.717) is 0 Å². The van der Waals surface area contributed by atoms with Crippen molar-refractivity contribution < 1.29 is 0 Å². The Bertz CT molecular complexity index is 3350. The average Bonchev–Trinajstić information content (AvgIpc) is 3.89. The number of hydrogen-bond donors (Lipinski definition) is 0. The molecule has 0 atom stereocenters. The molecule has 0 saturated carbocycles. The van der Waals surface area contributed by atoms with Crippen molar-refractivity contribution in [2.75, 3.05) is 4.90 Å². The number of aromatic nitrogens is 1. The molecule has 250 valence electrons. The maximum Gasteiger partial charge on any atom is 0.0782 e. The maximum atomic E-state index is 2.51. The molecule has 0 bridgehead atoms. The van der Waals surface area contributed by atoms with Crippen molar-refractivity contribution in [3.05, 3.63) is 170 Å². The van der Waals surface area contributed by atoms with E-state index < -0.39 is 0 Å². The van der Waals surface area contributed by atoms with Crippen LogP contribution < -0.4 is 4.90 Å². The molecule has 3 heterocycles. The normalized spacial score (nSPS) is 12.0. The summed E-state index contributed by atoms with van der Waals surface area (Å²) >= 11 is 1.87. The van der Waals surface area contributed by atoms with Gasteiger partial charge in [0.05, 0.1) is 22.2 Å². The van der Waals surface area contributed by atoms with Crippen LogP contribution in [0.3, 0.4) is 0 Å². The zero-order valence-electron chi connectivity index (χ0n) is 29.5. The zero-order valence-corrected chi connectivity index (χ0v) is 30.3. The highest BCUT2D eigenvalue weighted by molar-refractivity contribution is 7.25. The van der Waals surface area contributed by atoms with Gasteiger partial charge in [-0.2, -0.15) is 0 Å². The number of rotatable bonds is 3. The topological polar surface area (TPSA) is 7.65 Å². The van der Waals surface area contributed by atoms with Crippen LogP contribution in [0.2, 0.25) is 0 Å². The first-order valence-corrected chi connectivity index (χ1v) is 19.3. The highest BCUT2D eigenvalue weighted by atomic mass is 32.1. The SMILES string of the molecule is CC.c1ccc2c(c1)sc1cc(N(c3ccc4c5ccccc5c5ccccc5c4c3)c3cccc4c5cccc6c7ccccc7n(c34)c65)ccc12. The maximum absolute atomic E-state index is 2.51. The molecular formula is C50H34N2S. The Morgan fingerprint density at radius 3 is 1.55 bits per heavy atom. The summed E-state index contributed by atoms with van der Waals surface area (Å²) in [4.78, 5) is 2.50. The van der Waals surface area contributed by atoms with Gasteiger partial charge in [-0.1, -0.05) is 141 Å². The number of anilines is 3. The molecule has 9 aromatic carbocycles. The van der Waals surface area contributed by atoms with Gasteiger partial charge in [0, 0.05) is 53.1 Å². The summed E-state index contributed by atoms with van der Waals surface area (Å²) in [7, 11) is 0. The minimum Gasteiger partial charge on any atom is -0.308 e. The Labute approximate surface area is 310 Å². The second-order valence-electron chi connectivity index (χ2n) is 13.7. The first kappa shape index (κ1) is 30.2. The van der Waals surface area contributed by atoms with Gasteiger partial charge in [0.2, 0.25) is 0 Å². The van der Waals surface area contributed by atoms with Crippen molar-refractivity contribution in [1.29, 1.82) is 0 Å². The first-order chi connectivity index (χ1) is 26.3. The number of hydrogen-bond acceptors (Lipinski definition) is 2. The van der Waals surface area contributed by atoms with Gasteiger partial charge in [-0.15, -0.1) is 11.3 Å². The average molecular weight is 695 g/mol. The lowest BCUT2D eigenvalue weighted by atomic mass is 9.94. The fourth-order valence-electron chi connectivity index (χ4n) is 8.95. The molecule has 53 heavy (non-hydrogen) atoms. The third-order valence-corrected chi connectivity index (χ3v) is 12.2. The molecule has 0 radical (unpaired) electrons. The van der Waals surface area contributed by atoms with E-state index >= 15 is 0 Å². The van der Waals surface area contributed by atoms with Gasteiger partial charge in [0.25, 0.3) is 0 Å². The van der Waals surface area contributed by atoms with Gasteiger partial charge in [0.1, 0.15) is 0 Å². The van der Waals surface area contributed by atoms with E-state index in [-0.39, 0.29) is 0 Å². The molecule has 0 amide bonds. The van der Waals surface area contributed by atoms with Crippen LogP contribution in [0, 0.1) is 0 Å². The summed E-state index contributed by atoms with van der Waals surface area (Å²) in [5.41, 5.74) is 7.20. The van der Waals surface area contributed by atoms with Crippen molar-refractivity contribution in [1.82, 2.24) is 4.40 Å². The van der Waals surface area contributed by atoms with Gasteiger partial charge in [-0.05, 0) is 74.8 Å². The molecule has 0 aliphatic rings. The van der Waals surface area contributed by atoms with Crippen molar-refractivity contribution in [3.8, 4) is 0 Å². The molecule has 0 spiro atoms. The van der Waals surface area contributed by atoms with E-state index in [1.165, 1.54) is 90.6 Å². The van der Waals surface area contributed by atoms with Crippen molar-refractivity contribution in [2.45, 2.75) is 13.8 Å². The predicted molar refractivity (Wildman–Crippen MR) is 233 cm³/mol. The minimum atomic E-state index is 1.14. The third kappa shape index (κ3) is 4.20. The van der Waals surface area contributed by atoms with Crippen molar-refractivity contribution in [2.24, 2.45) is 0 Å². The molecule has 0 saturated heterocycles. The molecule has 3 heteroatoms. The van der Waals surface area contributed by atoms with E-state index in [4.69, 9.17) is 0 Å². The van der Waals surface area contributed by atoms with Gasteiger partial charge < -0.3 is 9.30 Å². The molecule has 0 fully saturated rings. The van der Waals surface area contributed by atoms with Crippen LogP contribution in [0.1, 0.15) is 13.8 Å². The minimum absolute atomic E-state index is 1.14. The Balaban J connectivity index is 0.00000163. The van der Waals surface area contributed by atoms with Crippen LogP contribution >= 0.6 is 11.3 Å². The van der Waals surface area contributed by atoms with Gasteiger partial charge in [0.15, 0.2) is 0 Å². The van der Waals surface area contributed by atoms with E-state index in [1.54, 1.807) is 0 Å². The Morgan fingerprint density at radius 1 is 0.358 bits per heavy atom. The monoisotopic (exact) mass is 694 g/mol. The molecule has 2 nitrogen and oxygen atoms in total. The van der Waals surface area contributed by atoms with Crippen LogP contribution in [0.4, 0.5) is 17.1 Å². The van der Waals surface area contributed by atoms with Crippen LogP contribution in [0.5, 0.6) is 0 Å². The largest absolute Gasteiger partial charge is 0.308 e. The summed E-state index contributed by atoms with van der Waals surface area (Å²) in [6, 6.07) is 63.0. The first-order valence-electron chi connectivity index (χ1n) is 18.5. The quantitative estimate of drug-likeness (QED) is 0.167. The highest BCUT2D eigenvalue weighted by Gasteiger charge is 2.24. The Morgan fingerprint density at radius 2 is 0.830 bits per heavy atom. The standard InChI is InChI=1S/C48H28N2S.C2H6/c1-2-13-33-31(11-1)32-12-3-4-14-34(32)42-27-29(23-25-35(33)42)49(30-24-26-38-37-16-6-8-22-45(37)51-46(38)28-30)44-21-10-19-41-40-18-9-17-39-36-15-5-7-20-43(36)50(47(39)40)48(41)44;1-2/h1-28H;1-2H3. The van der Waals surface area contributed by atoms with Crippen LogP contribution in [-0.2, 0) is 0 Å². The fraction of sp³-hybridized carbons (Fsp3) is 0.0400. The van der Waals surface area contributed by atoms with Gasteiger partial charge in [-0.25, -0.2) is 0 Å². The van der Waals surface area contributed by atoms with E-state index in [0.717, 1.165) is 17.1 Å². The molecule has 0 aliphatic carbocycles. The van der Waals surface area contributed by atoms with Crippen LogP contribution in [0.25, 0.3) is 90.6 Å². The molecule has 3 aromatic heterocycles. The van der Waals surface area contributed by atoms with Gasteiger partial charge >= 0.3 is 0 Å². The Hall–Kier alpha value is -6.42.